The fourth-order valence-electron chi connectivity index (χ4n) is 1.61. The van der Waals surface area contributed by atoms with Crippen LogP contribution in [-0.4, -0.2) is 30.3 Å². The molecule has 0 saturated heterocycles. The lowest BCUT2D eigenvalue weighted by atomic mass is 10.2. The highest BCUT2D eigenvalue weighted by molar-refractivity contribution is 6.37. The van der Waals surface area contributed by atoms with Crippen molar-refractivity contribution in [1.82, 2.24) is 5.32 Å². The predicted molar refractivity (Wildman–Crippen MR) is 76.3 cm³/mol. The van der Waals surface area contributed by atoms with Gasteiger partial charge in [-0.05, 0) is 18.6 Å². The normalized spacial score (nSPS) is 12.2. The van der Waals surface area contributed by atoms with E-state index in [1.807, 2.05) is 6.92 Å². The van der Waals surface area contributed by atoms with E-state index < -0.39 is 12.0 Å². The molecular weight excluding hydrogens is 289 g/mol. The highest BCUT2D eigenvalue weighted by Crippen LogP contribution is 2.32. The van der Waals surface area contributed by atoms with Gasteiger partial charge in [0.1, 0.15) is 12.6 Å². The number of halogens is 2. The van der Waals surface area contributed by atoms with Crippen LogP contribution >= 0.6 is 23.2 Å². The molecule has 1 rings (SSSR count). The van der Waals surface area contributed by atoms with Gasteiger partial charge in [0, 0.05) is 6.54 Å². The molecule has 0 aromatic heterocycles. The Labute approximate surface area is 122 Å². The molecule has 1 aromatic rings. The van der Waals surface area contributed by atoms with E-state index in [2.05, 4.69) is 5.32 Å². The number of benzene rings is 1. The number of para-hydroxylation sites is 1. The molecule has 0 spiro atoms. The Balaban J connectivity index is 2.40. The molecule has 19 heavy (non-hydrogen) atoms. The van der Waals surface area contributed by atoms with Crippen molar-refractivity contribution < 1.29 is 14.6 Å². The molecule has 0 saturated carbocycles. The average molecular weight is 306 g/mol. The van der Waals surface area contributed by atoms with Crippen LogP contribution in [0.4, 0.5) is 0 Å². The standard InChI is InChI=1S/C13H17Cl2NO3/c1-2-4-11(13(17)18)16-7-8-19-12-9(14)5-3-6-10(12)15/h3,5-6,11,16H,2,4,7-8H2,1H3,(H,17,18). The van der Waals surface area contributed by atoms with Crippen molar-refractivity contribution in [2.45, 2.75) is 25.8 Å². The molecule has 0 amide bonds. The predicted octanol–water partition coefficient (Wildman–Crippen LogP) is 3.22. The molecule has 0 heterocycles. The van der Waals surface area contributed by atoms with Crippen LogP contribution in [0.3, 0.4) is 0 Å². The topological polar surface area (TPSA) is 58.6 Å². The summed E-state index contributed by atoms with van der Waals surface area (Å²) in [6.45, 7) is 2.66. The number of nitrogens with one attached hydrogen (secondary N) is 1. The van der Waals surface area contributed by atoms with E-state index in [9.17, 15) is 4.79 Å². The third-order valence-electron chi connectivity index (χ3n) is 2.53. The lowest BCUT2D eigenvalue weighted by Gasteiger charge is -2.14. The van der Waals surface area contributed by atoms with Gasteiger partial charge in [-0.3, -0.25) is 4.79 Å². The van der Waals surface area contributed by atoms with Crippen LogP contribution in [0.15, 0.2) is 18.2 Å². The Morgan fingerprint density at radius 1 is 1.42 bits per heavy atom. The van der Waals surface area contributed by atoms with Gasteiger partial charge >= 0.3 is 5.97 Å². The van der Waals surface area contributed by atoms with Crippen molar-refractivity contribution in [3.05, 3.63) is 28.2 Å². The van der Waals surface area contributed by atoms with Gasteiger partial charge in [-0.15, -0.1) is 0 Å². The molecule has 106 valence electrons. The van der Waals surface area contributed by atoms with Gasteiger partial charge in [-0.2, -0.15) is 0 Å². The summed E-state index contributed by atoms with van der Waals surface area (Å²) in [7, 11) is 0. The lowest BCUT2D eigenvalue weighted by Crippen LogP contribution is -2.38. The van der Waals surface area contributed by atoms with Crippen LogP contribution in [0.25, 0.3) is 0 Å². The van der Waals surface area contributed by atoms with Crippen LogP contribution in [0.1, 0.15) is 19.8 Å². The zero-order valence-corrected chi connectivity index (χ0v) is 12.2. The number of rotatable bonds is 8. The van der Waals surface area contributed by atoms with E-state index in [4.69, 9.17) is 33.0 Å². The number of aliphatic carboxylic acids is 1. The Bertz CT molecular complexity index is 406. The number of hydrogen-bond acceptors (Lipinski definition) is 3. The minimum absolute atomic E-state index is 0.303. The molecule has 0 aliphatic heterocycles. The second kappa shape index (κ2) is 8.25. The van der Waals surface area contributed by atoms with Gasteiger partial charge < -0.3 is 15.2 Å². The van der Waals surface area contributed by atoms with E-state index in [0.717, 1.165) is 6.42 Å². The number of hydrogen-bond donors (Lipinski definition) is 2. The third kappa shape index (κ3) is 5.27. The minimum atomic E-state index is -0.849. The van der Waals surface area contributed by atoms with Crippen molar-refractivity contribution in [2.75, 3.05) is 13.2 Å². The maximum absolute atomic E-state index is 10.9. The maximum Gasteiger partial charge on any atom is 0.320 e. The van der Waals surface area contributed by atoms with Crippen molar-refractivity contribution in [3.63, 3.8) is 0 Å². The molecule has 0 bridgehead atoms. The van der Waals surface area contributed by atoms with Gasteiger partial charge in [-0.25, -0.2) is 0 Å². The molecule has 2 N–H and O–H groups in total. The van der Waals surface area contributed by atoms with Gasteiger partial charge in [0.2, 0.25) is 0 Å². The van der Waals surface area contributed by atoms with Gasteiger partial charge in [0.05, 0.1) is 10.0 Å². The molecule has 1 unspecified atom stereocenters. The van der Waals surface area contributed by atoms with E-state index >= 15 is 0 Å². The number of ether oxygens (including phenoxy) is 1. The molecule has 4 nitrogen and oxygen atoms in total. The molecule has 0 aliphatic rings. The first kappa shape index (κ1) is 16.1. The molecule has 1 aromatic carbocycles. The number of carboxylic acids is 1. The van der Waals surface area contributed by atoms with Gasteiger partial charge in [-0.1, -0.05) is 42.6 Å². The number of carboxylic acid groups (broad SMARTS) is 1. The molecule has 0 radical (unpaired) electrons. The van der Waals surface area contributed by atoms with Crippen LogP contribution in [0.5, 0.6) is 5.75 Å². The zero-order chi connectivity index (χ0) is 14.3. The minimum Gasteiger partial charge on any atom is -0.489 e. The highest BCUT2D eigenvalue weighted by atomic mass is 35.5. The molecule has 0 aliphatic carbocycles. The summed E-state index contributed by atoms with van der Waals surface area (Å²) in [5.41, 5.74) is 0. The third-order valence-corrected chi connectivity index (χ3v) is 3.13. The monoisotopic (exact) mass is 305 g/mol. The quantitative estimate of drug-likeness (QED) is 0.724. The fraction of sp³-hybridized carbons (Fsp3) is 0.462. The van der Waals surface area contributed by atoms with Gasteiger partial charge in [0.25, 0.3) is 0 Å². The summed E-state index contributed by atoms with van der Waals surface area (Å²) >= 11 is 11.9. The summed E-state index contributed by atoms with van der Waals surface area (Å²) in [6.07, 6.45) is 1.39. The zero-order valence-electron chi connectivity index (χ0n) is 10.7. The first-order chi connectivity index (χ1) is 9.06. The number of carbonyl (C=O) groups is 1. The van der Waals surface area contributed by atoms with Crippen LogP contribution in [0.2, 0.25) is 10.0 Å². The summed E-state index contributed by atoms with van der Waals surface area (Å²) in [5, 5.41) is 12.8. The summed E-state index contributed by atoms with van der Waals surface area (Å²) in [4.78, 5) is 10.9. The molecular formula is C13H17Cl2NO3. The SMILES string of the molecule is CCCC(NCCOc1c(Cl)cccc1Cl)C(=O)O. The smallest absolute Gasteiger partial charge is 0.320 e. The average Bonchev–Trinajstić information content (AvgIpc) is 2.35. The molecule has 0 fully saturated rings. The largest absolute Gasteiger partial charge is 0.489 e. The van der Waals surface area contributed by atoms with E-state index in [1.165, 1.54) is 0 Å². The Hall–Kier alpha value is -0.970. The Kier molecular flexibility index (Phi) is 6.99. The van der Waals surface area contributed by atoms with Crippen molar-refractivity contribution in [3.8, 4) is 5.75 Å². The van der Waals surface area contributed by atoms with E-state index in [0.29, 0.717) is 35.4 Å². The first-order valence-electron chi connectivity index (χ1n) is 6.09. The second-order valence-corrected chi connectivity index (χ2v) is 4.85. The van der Waals surface area contributed by atoms with Crippen LogP contribution in [-0.2, 0) is 4.79 Å². The van der Waals surface area contributed by atoms with E-state index in [-0.39, 0.29) is 0 Å². The van der Waals surface area contributed by atoms with Crippen molar-refractivity contribution in [2.24, 2.45) is 0 Å². The lowest BCUT2D eigenvalue weighted by molar-refractivity contribution is -0.139. The van der Waals surface area contributed by atoms with E-state index in [1.54, 1.807) is 18.2 Å². The first-order valence-corrected chi connectivity index (χ1v) is 6.84. The van der Waals surface area contributed by atoms with Crippen molar-refractivity contribution in [1.29, 1.82) is 0 Å². The maximum atomic E-state index is 10.9. The highest BCUT2D eigenvalue weighted by Gasteiger charge is 2.15. The summed E-state index contributed by atoms with van der Waals surface area (Å²) in [6, 6.07) is 4.56. The second-order valence-electron chi connectivity index (χ2n) is 4.03. The van der Waals surface area contributed by atoms with Crippen LogP contribution < -0.4 is 10.1 Å². The summed E-state index contributed by atoms with van der Waals surface area (Å²) < 4.78 is 5.46. The fourth-order valence-corrected chi connectivity index (χ4v) is 2.11. The van der Waals surface area contributed by atoms with Crippen molar-refractivity contribution >= 4 is 29.2 Å². The Morgan fingerprint density at radius 3 is 2.58 bits per heavy atom. The van der Waals surface area contributed by atoms with Gasteiger partial charge in [0.15, 0.2) is 5.75 Å². The Morgan fingerprint density at radius 2 is 2.05 bits per heavy atom. The molecule has 1 atom stereocenters. The van der Waals surface area contributed by atoms with Crippen LogP contribution in [0, 0.1) is 0 Å². The molecule has 6 heteroatoms. The summed E-state index contributed by atoms with van der Waals surface area (Å²) in [5.74, 6) is -0.423.